The van der Waals surface area contributed by atoms with E-state index in [9.17, 15) is 18.9 Å². The first-order valence-electron chi connectivity index (χ1n) is 18.6. The smallest absolute Gasteiger partial charge is 0.286 e. The average Bonchev–Trinajstić information content (AvgIpc) is 3.52. The molecule has 6 atom stereocenters. The second-order valence-electron chi connectivity index (χ2n) is 14.9. The van der Waals surface area contributed by atoms with E-state index < -0.39 is 27.8 Å². The van der Waals surface area contributed by atoms with Crippen molar-refractivity contribution in [1.82, 2.24) is 9.29 Å². The summed E-state index contributed by atoms with van der Waals surface area (Å²) in [5.74, 6) is -0.587. The number of ether oxygens (including phenoxy) is 3. The van der Waals surface area contributed by atoms with E-state index in [1.807, 2.05) is 35.8 Å². The van der Waals surface area contributed by atoms with Gasteiger partial charge in [-0.3, -0.25) is 14.3 Å². The molecule has 0 spiro atoms. The molecule has 1 saturated carbocycles. The number of methoxy groups -OCH3 is 1. The zero-order valence-electron chi connectivity index (χ0n) is 30.4. The summed E-state index contributed by atoms with van der Waals surface area (Å²) in [4.78, 5) is 30.0. The van der Waals surface area contributed by atoms with Crippen LogP contribution in [0.3, 0.4) is 0 Å². The minimum Gasteiger partial charge on any atom is -0.491 e. The van der Waals surface area contributed by atoms with E-state index in [-0.39, 0.29) is 35.2 Å². The lowest BCUT2D eigenvalue weighted by molar-refractivity contribution is -0.0382. The number of aryl methyl sites for hydroxylation is 1. The molecule has 4 aliphatic rings. The highest BCUT2D eigenvalue weighted by Crippen LogP contribution is 2.41. The van der Waals surface area contributed by atoms with Crippen LogP contribution in [0.1, 0.15) is 76.6 Å². The highest BCUT2D eigenvalue weighted by molar-refractivity contribution is 7.92. The summed E-state index contributed by atoms with van der Waals surface area (Å²) >= 11 is 6.45. The summed E-state index contributed by atoms with van der Waals surface area (Å²) in [6.45, 7) is 4.86. The fraction of sp³-hybridized carbons (Fsp3) is 0.500. The van der Waals surface area contributed by atoms with Gasteiger partial charge in [0, 0.05) is 42.7 Å². The molecule has 0 saturated heterocycles. The monoisotopic (exact) mass is 764 g/mol. The number of hydrogen-bond donors (Lipinski definition) is 2. The molecule has 1 aliphatic carbocycles. The Morgan fingerprint density at radius 2 is 2.00 bits per heavy atom. The van der Waals surface area contributed by atoms with Gasteiger partial charge in [0.2, 0.25) is 0 Å². The molecule has 53 heavy (non-hydrogen) atoms. The van der Waals surface area contributed by atoms with E-state index in [0.717, 1.165) is 49.0 Å². The van der Waals surface area contributed by atoms with Gasteiger partial charge in [0.1, 0.15) is 15.7 Å². The second kappa shape index (κ2) is 16.4. The lowest BCUT2D eigenvalue weighted by Gasteiger charge is -2.42. The molecular weight excluding hydrogens is 716 g/mol. The van der Waals surface area contributed by atoms with Crippen LogP contribution in [-0.4, -0.2) is 70.5 Å². The van der Waals surface area contributed by atoms with Crippen molar-refractivity contribution in [3.8, 4) is 5.75 Å². The molecule has 0 radical (unpaired) electrons. The molecule has 2 aromatic carbocycles. The fourth-order valence-corrected chi connectivity index (χ4v) is 9.97. The molecule has 1 aromatic heterocycles. The molecule has 2 N–H and O–H groups in total. The van der Waals surface area contributed by atoms with Gasteiger partial charge in [0.15, 0.2) is 0 Å². The van der Waals surface area contributed by atoms with E-state index in [0.29, 0.717) is 62.2 Å². The maximum absolute atomic E-state index is 14.7. The van der Waals surface area contributed by atoms with Gasteiger partial charge in [-0.1, -0.05) is 36.7 Å². The quantitative estimate of drug-likeness (QED) is 0.294. The van der Waals surface area contributed by atoms with Gasteiger partial charge in [-0.2, -0.15) is 0 Å². The van der Waals surface area contributed by atoms with Crippen molar-refractivity contribution in [1.29, 1.82) is 0 Å². The lowest BCUT2D eigenvalue weighted by atomic mass is 9.70. The number of rotatable bonds is 4. The van der Waals surface area contributed by atoms with E-state index >= 15 is 0 Å². The number of carbonyl (C=O) groups excluding carboxylic acids is 2. The van der Waals surface area contributed by atoms with E-state index in [1.165, 1.54) is 5.56 Å². The Morgan fingerprint density at radius 3 is 2.81 bits per heavy atom. The summed E-state index contributed by atoms with van der Waals surface area (Å²) in [5.41, 5.74) is 4.42. The van der Waals surface area contributed by atoms with Crippen LogP contribution in [0, 0.1) is 17.8 Å². The second-order valence-corrected chi connectivity index (χ2v) is 17.4. The summed E-state index contributed by atoms with van der Waals surface area (Å²) < 4.78 is 41.0. The van der Waals surface area contributed by atoms with Gasteiger partial charge in [-0.25, -0.2) is 4.21 Å². The maximum atomic E-state index is 14.7. The van der Waals surface area contributed by atoms with Crippen LogP contribution < -0.4 is 14.4 Å². The molecule has 284 valence electrons. The van der Waals surface area contributed by atoms with Crippen LogP contribution in [0.5, 0.6) is 5.75 Å². The Kier molecular flexibility index (Phi) is 11.6. The third-order valence-corrected chi connectivity index (χ3v) is 13.1. The Morgan fingerprint density at radius 1 is 1.13 bits per heavy atom. The van der Waals surface area contributed by atoms with Crippen LogP contribution in [0.25, 0.3) is 0 Å². The van der Waals surface area contributed by atoms with Gasteiger partial charge in [0.05, 0.1) is 55.6 Å². The van der Waals surface area contributed by atoms with Crippen molar-refractivity contribution >= 4 is 39.0 Å². The standard InChI is InChI=1S/C40H49ClN4O7S/c1-26-6-5-8-37(46)35-13-10-30(35)20-45-19-29-9-12-32(41)16-27(29)7-3-4-15-51-38-14-11-28(18-36(38)45)39(47)42-53(49,25-26)43-40(48)31-17-33-23-52-34(24-50-2)22-44(33)21-31/h5,8-9,11-12,14,16-18,21,26,30,34-35,37,46H,3-4,6-7,10,13,15,19-20,22-25H2,1-2H3,(H,42,43,47,48,49)/b8-5+/t26-,30-,34-,35+,37-,53?/m0/s1. The van der Waals surface area contributed by atoms with Gasteiger partial charge in [-0.15, -0.1) is 4.36 Å². The molecular formula is C40H49ClN4O7S. The molecule has 13 heteroatoms. The Hall–Kier alpha value is -3.68. The number of nitrogens with zero attached hydrogens (tertiary/aromatic N) is 3. The predicted molar refractivity (Wildman–Crippen MR) is 205 cm³/mol. The van der Waals surface area contributed by atoms with Crippen molar-refractivity contribution in [3.63, 3.8) is 0 Å². The summed E-state index contributed by atoms with van der Waals surface area (Å²) in [6, 6.07) is 12.9. The highest BCUT2D eigenvalue weighted by atomic mass is 35.5. The number of aliphatic hydroxyl groups excluding tert-OH is 1. The molecule has 1 fully saturated rings. The first kappa shape index (κ1) is 37.6. The van der Waals surface area contributed by atoms with Crippen molar-refractivity contribution in [2.75, 3.05) is 37.5 Å². The lowest BCUT2D eigenvalue weighted by Crippen LogP contribution is -2.43. The number of nitrogens with one attached hydrogen (secondary N) is 1. The number of hydrogen-bond acceptors (Lipinski definition) is 8. The van der Waals surface area contributed by atoms with Gasteiger partial charge in [-0.05, 0) is 104 Å². The number of halogens is 1. The first-order valence-corrected chi connectivity index (χ1v) is 20.7. The third-order valence-electron chi connectivity index (χ3n) is 10.9. The number of fused-ring (bicyclic) bond motifs is 4. The van der Waals surface area contributed by atoms with Crippen LogP contribution in [0.15, 0.2) is 65.2 Å². The number of carbonyl (C=O) groups is 2. The SMILES string of the molecule is COC[C@@H]1Cn2cc(C(=O)NS3(=O)=NC(=O)c4ccc5c(c4)N(Cc4ccc(Cl)cc4CCCCO5)C[C@@H]4CC[C@H]4[C@@H](O)/C=C/C[C@H](C)C3)cc2CO1. The minimum absolute atomic E-state index is 0.0525. The number of aliphatic hydroxyl groups is 1. The number of amides is 2. The number of allylic oxidation sites excluding steroid dienone is 1. The molecule has 3 aromatic rings. The summed E-state index contributed by atoms with van der Waals surface area (Å²) in [7, 11) is -1.99. The first-order chi connectivity index (χ1) is 25.6. The molecule has 4 heterocycles. The van der Waals surface area contributed by atoms with Crippen LogP contribution in [0.4, 0.5) is 5.69 Å². The normalized spacial score (nSPS) is 28.4. The van der Waals surface area contributed by atoms with Gasteiger partial charge < -0.3 is 28.8 Å². The van der Waals surface area contributed by atoms with E-state index in [4.69, 9.17) is 25.8 Å². The summed E-state index contributed by atoms with van der Waals surface area (Å²) in [5, 5.41) is 12.0. The summed E-state index contributed by atoms with van der Waals surface area (Å²) in [6.07, 6.45) is 9.72. The molecule has 1 unspecified atom stereocenters. The molecule has 11 nitrogen and oxygen atoms in total. The largest absolute Gasteiger partial charge is 0.491 e. The maximum Gasteiger partial charge on any atom is 0.286 e. The van der Waals surface area contributed by atoms with E-state index in [2.05, 4.69) is 20.1 Å². The number of anilines is 1. The van der Waals surface area contributed by atoms with Crippen LogP contribution in [-0.2, 0) is 45.5 Å². The average molecular weight is 765 g/mol. The highest BCUT2D eigenvalue weighted by Gasteiger charge is 2.37. The van der Waals surface area contributed by atoms with Crippen molar-refractivity contribution < 1.29 is 33.1 Å². The van der Waals surface area contributed by atoms with Crippen molar-refractivity contribution in [2.24, 2.45) is 22.1 Å². The molecule has 2 amide bonds. The topological polar surface area (TPSA) is 132 Å². The van der Waals surface area contributed by atoms with E-state index in [1.54, 1.807) is 37.6 Å². The number of aromatic nitrogens is 1. The Balaban J connectivity index is 1.26. The minimum atomic E-state index is -3.60. The zero-order valence-corrected chi connectivity index (χ0v) is 31.9. The van der Waals surface area contributed by atoms with Crippen molar-refractivity contribution in [3.05, 3.63) is 93.8 Å². The third kappa shape index (κ3) is 8.84. The molecule has 3 aliphatic heterocycles. The zero-order chi connectivity index (χ0) is 37.1. The Bertz CT molecular complexity index is 1990. The molecule has 7 rings (SSSR count). The van der Waals surface area contributed by atoms with Gasteiger partial charge >= 0.3 is 0 Å². The van der Waals surface area contributed by atoms with Crippen LogP contribution in [0.2, 0.25) is 5.02 Å². The molecule has 2 bridgehead atoms. The Labute approximate surface area is 316 Å². The number of benzene rings is 2. The van der Waals surface area contributed by atoms with Crippen LogP contribution >= 0.6 is 11.6 Å². The predicted octanol–water partition coefficient (Wildman–Crippen LogP) is 6.34. The van der Waals surface area contributed by atoms with Crippen molar-refractivity contribution in [2.45, 2.75) is 77.4 Å². The van der Waals surface area contributed by atoms with Gasteiger partial charge in [0.25, 0.3) is 11.8 Å². The fourth-order valence-electron chi connectivity index (χ4n) is 7.88.